The number of benzene rings is 1. The summed E-state index contributed by atoms with van der Waals surface area (Å²) in [4.78, 5) is 42.9. The number of amides is 1. The molecule has 1 fully saturated rings. The van der Waals surface area contributed by atoms with Gasteiger partial charge in [0.25, 0.3) is 5.91 Å². The second-order valence-corrected chi connectivity index (χ2v) is 8.99. The van der Waals surface area contributed by atoms with Crippen LogP contribution in [0.3, 0.4) is 0 Å². The molecule has 37 heavy (non-hydrogen) atoms. The number of hydrogen-bond donors (Lipinski definition) is 1. The molecule has 1 aliphatic carbocycles. The van der Waals surface area contributed by atoms with Crippen LogP contribution in [0.2, 0.25) is 0 Å². The second kappa shape index (κ2) is 10.8. The highest BCUT2D eigenvalue weighted by molar-refractivity contribution is 6.38. The van der Waals surface area contributed by atoms with E-state index in [0.717, 1.165) is 22.3 Å². The minimum atomic E-state index is -4.83. The van der Waals surface area contributed by atoms with Gasteiger partial charge in [-0.25, -0.2) is 18.2 Å². The van der Waals surface area contributed by atoms with Crippen molar-refractivity contribution in [3.05, 3.63) is 52.4 Å². The zero-order valence-corrected chi connectivity index (χ0v) is 20.1. The van der Waals surface area contributed by atoms with Crippen LogP contribution in [-0.2, 0) is 35.3 Å². The third-order valence-electron chi connectivity index (χ3n) is 6.58. The molecule has 1 aliphatic heterocycles. The number of alkyl halides is 3. The van der Waals surface area contributed by atoms with E-state index in [2.05, 4.69) is 4.98 Å². The first-order chi connectivity index (χ1) is 16.9. The number of fused-ring (bicyclic) bond motifs is 1. The van der Waals surface area contributed by atoms with E-state index in [0.29, 0.717) is 18.9 Å². The molecular formula is C23H23ClF6N4O3. The molecule has 1 saturated carbocycles. The maximum Gasteiger partial charge on any atom is 0.449 e. The quantitative estimate of drug-likeness (QED) is 0.256. The van der Waals surface area contributed by atoms with Crippen LogP contribution >= 0.6 is 12.4 Å². The maximum atomic E-state index is 13.9. The Labute approximate surface area is 213 Å². The average Bonchev–Trinajstić information content (AvgIpc) is 3.49. The van der Waals surface area contributed by atoms with Crippen molar-refractivity contribution < 1.29 is 40.7 Å². The van der Waals surface area contributed by atoms with Gasteiger partial charge in [-0.05, 0) is 30.9 Å². The summed E-state index contributed by atoms with van der Waals surface area (Å²) in [5.41, 5.74) is 4.83. The molecule has 202 valence electrons. The highest BCUT2D eigenvalue weighted by atomic mass is 35.5. The summed E-state index contributed by atoms with van der Waals surface area (Å²) in [5, 5.41) is 0. The van der Waals surface area contributed by atoms with Gasteiger partial charge in [0.15, 0.2) is 17.4 Å². The molecular weight excluding hydrogens is 530 g/mol. The van der Waals surface area contributed by atoms with Gasteiger partial charge in [0.05, 0.1) is 18.3 Å². The van der Waals surface area contributed by atoms with Crippen molar-refractivity contribution in [1.82, 2.24) is 14.5 Å². The Morgan fingerprint density at radius 3 is 2.27 bits per heavy atom. The fourth-order valence-corrected chi connectivity index (χ4v) is 4.70. The summed E-state index contributed by atoms with van der Waals surface area (Å²) < 4.78 is 82.1. The van der Waals surface area contributed by atoms with E-state index < -0.39 is 77.4 Å². The van der Waals surface area contributed by atoms with Crippen LogP contribution in [-0.4, -0.2) is 44.5 Å². The van der Waals surface area contributed by atoms with E-state index >= 15 is 0 Å². The first-order valence-electron chi connectivity index (χ1n) is 11.3. The largest absolute Gasteiger partial charge is 0.449 e. The lowest BCUT2D eigenvalue weighted by Crippen LogP contribution is -2.48. The number of aromatic nitrogens is 2. The normalized spacial score (nSPS) is 16.8. The highest BCUT2D eigenvalue weighted by Crippen LogP contribution is 2.35. The predicted molar refractivity (Wildman–Crippen MR) is 119 cm³/mol. The van der Waals surface area contributed by atoms with Gasteiger partial charge in [-0.1, -0.05) is 12.8 Å². The zero-order chi connectivity index (χ0) is 26.4. The molecule has 2 heterocycles. The van der Waals surface area contributed by atoms with E-state index in [9.17, 15) is 40.7 Å². The number of rotatable bonds is 6. The van der Waals surface area contributed by atoms with Gasteiger partial charge in [0.1, 0.15) is 11.5 Å². The second-order valence-electron chi connectivity index (χ2n) is 8.99. The van der Waals surface area contributed by atoms with Gasteiger partial charge in [0.2, 0.25) is 11.6 Å². The van der Waals surface area contributed by atoms with Gasteiger partial charge in [-0.2, -0.15) is 13.2 Å². The highest BCUT2D eigenvalue weighted by Gasteiger charge is 2.43. The van der Waals surface area contributed by atoms with Crippen molar-refractivity contribution >= 4 is 29.9 Å². The van der Waals surface area contributed by atoms with Gasteiger partial charge >= 0.3 is 6.18 Å². The van der Waals surface area contributed by atoms with Gasteiger partial charge in [0, 0.05) is 25.1 Å². The first-order valence-corrected chi connectivity index (χ1v) is 11.3. The fraction of sp³-hybridized carbons (Fsp3) is 0.478. The molecule has 1 aromatic carbocycles. The average molecular weight is 553 g/mol. The van der Waals surface area contributed by atoms with E-state index in [1.165, 1.54) is 0 Å². The summed E-state index contributed by atoms with van der Waals surface area (Å²) in [5.74, 6) is -8.52. The fourth-order valence-electron chi connectivity index (χ4n) is 4.70. The molecule has 14 heteroatoms. The Hall–Kier alpha value is -2.93. The Morgan fingerprint density at radius 1 is 1.03 bits per heavy atom. The Balaban J connectivity index is 0.00000380. The molecule has 1 unspecified atom stereocenters. The van der Waals surface area contributed by atoms with Crippen molar-refractivity contribution in [2.45, 2.75) is 57.4 Å². The third kappa shape index (κ3) is 5.66. The lowest BCUT2D eigenvalue weighted by Gasteiger charge is -2.30. The van der Waals surface area contributed by atoms with Crippen LogP contribution in [0.15, 0.2) is 12.1 Å². The van der Waals surface area contributed by atoms with E-state index in [-0.39, 0.29) is 43.0 Å². The van der Waals surface area contributed by atoms with E-state index in [1.54, 1.807) is 0 Å². The number of ketones is 2. The van der Waals surface area contributed by atoms with Crippen molar-refractivity contribution in [1.29, 1.82) is 0 Å². The topological polar surface area (TPSA) is 98.3 Å². The third-order valence-corrected chi connectivity index (χ3v) is 6.58. The molecule has 0 saturated heterocycles. The molecule has 0 bridgehead atoms. The Bertz CT molecular complexity index is 1230. The van der Waals surface area contributed by atoms with Gasteiger partial charge in [-0.3, -0.25) is 14.4 Å². The monoisotopic (exact) mass is 552 g/mol. The number of nitrogens with zero attached hydrogens (tertiary/aromatic N) is 3. The maximum absolute atomic E-state index is 13.9. The van der Waals surface area contributed by atoms with E-state index in [4.69, 9.17) is 5.73 Å². The van der Waals surface area contributed by atoms with Crippen molar-refractivity contribution in [2.24, 2.45) is 11.7 Å². The summed E-state index contributed by atoms with van der Waals surface area (Å²) >= 11 is 0. The first kappa shape index (κ1) is 28.6. The van der Waals surface area contributed by atoms with Crippen LogP contribution in [0.1, 0.15) is 53.3 Å². The molecule has 1 atom stereocenters. The molecule has 2 aromatic rings. The van der Waals surface area contributed by atoms with Crippen LogP contribution < -0.4 is 5.73 Å². The number of imidazole rings is 1. The van der Waals surface area contributed by atoms with Gasteiger partial charge < -0.3 is 15.2 Å². The predicted octanol–water partition coefficient (Wildman–Crippen LogP) is 3.60. The zero-order valence-electron chi connectivity index (χ0n) is 19.3. The van der Waals surface area contributed by atoms with Crippen molar-refractivity contribution in [3.63, 3.8) is 0 Å². The number of carbonyl (C=O) groups excluding carboxylic acids is 3. The van der Waals surface area contributed by atoms with Crippen molar-refractivity contribution in [3.8, 4) is 0 Å². The van der Waals surface area contributed by atoms with E-state index in [1.807, 2.05) is 0 Å². The van der Waals surface area contributed by atoms with Crippen LogP contribution in [0, 0.1) is 23.4 Å². The lowest BCUT2D eigenvalue weighted by molar-refractivity contribution is -0.149. The molecule has 2 aliphatic rings. The number of carbonyl (C=O) groups is 3. The standard InChI is InChI=1S/C23H22F6N4O3.ClH/c24-13-9-15(26)14(25)7-12(13)8-16(30)20(35)21(36)32-5-6-33-17(10-32)18(31-22(33)23(27,28)29)19(34)11-3-1-2-4-11;/h7,9,11,16H,1-6,8,10,30H2;1H. The lowest BCUT2D eigenvalue weighted by atomic mass is 9.98. The molecule has 4 rings (SSSR count). The van der Waals surface area contributed by atoms with Crippen molar-refractivity contribution in [2.75, 3.05) is 6.54 Å². The number of halogens is 7. The molecule has 1 amide bonds. The minimum absolute atomic E-state index is 0. The summed E-state index contributed by atoms with van der Waals surface area (Å²) in [6, 6.07) is -0.799. The molecule has 1 aromatic heterocycles. The van der Waals surface area contributed by atoms with Crippen LogP contribution in [0.4, 0.5) is 26.3 Å². The minimum Gasteiger partial charge on any atom is -0.328 e. The summed E-state index contributed by atoms with van der Waals surface area (Å²) in [6.07, 6.45) is -2.83. The summed E-state index contributed by atoms with van der Waals surface area (Å²) in [6.45, 7) is -1.13. The molecule has 7 nitrogen and oxygen atoms in total. The molecule has 0 spiro atoms. The Kier molecular flexibility index (Phi) is 8.37. The Morgan fingerprint density at radius 2 is 1.65 bits per heavy atom. The molecule has 0 radical (unpaired) electrons. The smallest absolute Gasteiger partial charge is 0.328 e. The summed E-state index contributed by atoms with van der Waals surface area (Å²) in [7, 11) is 0. The van der Waals surface area contributed by atoms with Crippen LogP contribution in [0.25, 0.3) is 0 Å². The molecule has 2 N–H and O–H groups in total. The van der Waals surface area contributed by atoms with Gasteiger partial charge in [-0.15, -0.1) is 12.4 Å². The number of Topliss-reactive ketones (excluding diaryl/α,β-unsaturated/α-hetero) is 2. The van der Waals surface area contributed by atoms with Crippen LogP contribution in [0.5, 0.6) is 0 Å². The SMILES string of the molecule is Cl.NC(Cc1cc(F)c(F)cc1F)C(=O)C(=O)N1CCn2c(C(F)(F)F)nc(C(=O)C3CCCC3)c2C1. The number of nitrogens with two attached hydrogens (primary N) is 1. The number of hydrogen-bond acceptors (Lipinski definition) is 5.